The predicted octanol–water partition coefficient (Wildman–Crippen LogP) is 2.61. The van der Waals surface area contributed by atoms with Crippen LogP contribution in [0.3, 0.4) is 0 Å². The lowest BCUT2D eigenvalue weighted by molar-refractivity contribution is 0.0943. The van der Waals surface area contributed by atoms with E-state index in [2.05, 4.69) is 39.1 Å². The van der Waals surface area contributed by atoms with Gasteiger partial charge in [0.25, 0.3) is 5.91 Å². The second-order valence-electron chi connectivity index (χ2n) is 6.44. The van der Waals surface area contributed by atoms with E-state index in [0.717, 1.165) is 24.3 Å². The molecule has 0 fully saturated rings. The summed E-state index contributed by atoms with van der Waals surface area (Å²) in [5, 5.41) is 14.7. The Hall–Kier alpha value is -2.70. The fourth-order valence-electron chi connectivity index (χ4n) is 3.41. The van der Waals surface area contributed by atoms with Gasteiger partial charge in [-0.25, -0.2) is 4.68 Å². The molecule has 3 aromatic rings. The van der Waals surface area contributed by atoms with Crippen LogP contribution >= 0.6 is 12.4 Å². The number of carbonyl (C=O) groups excluding carboxylic acids is 1. The lowest BCUT2D eigenvalue weighted by atomic mass is 9.94. The number of benzene rings is 2. The van der Waals surface area contributed by atoms with Crippen LogP contribution in [0.4, 0.5) is 0 Å². The Labute approximate surface area is 164 Å². The quantitative estimate of drug-likeness (QED) is 0.726. The summed E-state index contributed by atoms with van der Waals surface area (Å²) in [7, 11) is 0. The predicted molar refractivity (Wildman–Crippen MR) is 107 cm³/mol. The first-order valence-corrected chi connectivity index (χ1v) is 8.81. The Morgan fingerprint density at radius 2 is 1.93 bits per heavy atom. The molecule has 1 amide bonds. The largest absolute Gasteiger partial charge is 0.349 e. The van der Waals surface area contributed by atoms with E-state index in [1.165, 1.54) is 11.1 Å². The van der Waals surface area contributed by atoms with E-state index in [1.54, 1.807) is 4.68 Å². The number of halogens is 1. The lowest BCUT2D eigenvalue weighted by Gasteiger charge is -2.27. The average molecular weight is 384 g/mol. The van der Waals surface area contributed by atoms with Crippen LogP contribution in [-0.2, 0) is 6.42 Å². The summed E-state index contributed by atoms with van der Waals surface area (Å²) in [6, 6.07) is 18.2. The number of aromatic nitrogens is 3. The van der Waals surface area contributed by atoms with Crippen molar-refractivity contribution in [3.8, 4) is 5.69 Å². The Morgan fingerprint density at radius 3 is 2.74 bits per heavy atom. The minimum atomic E-state index is -0.200. The molecule has 0 aliphatic carbocycles. The van der Waals surface area contributed by atoms with E-state index in [0.29, 0.717) is 12.2 Å². The molecule has 27 heavy (non-hydrogen) atoms. The highest BCUT2D eigenvalue weighted by molar-refractivity contribution is 5.93. The number of nitrogens with zero attached hydrogens (tertiary/aromatic N) is 3. The van der Waals surface area contributed by atoms with E-state index in [-0.39, 0.29) is 24.4 Å². The van der Waals surface area contributed by atoms with Crippen molar-refractivity contribution in [3.05, 3.63) is 77.1 Å². The number of hydrogen-bond donors (Lipinski definition) is 2. The third-order valence-corrected chi connectivity index (χ3v) is 4.79. The summed E-state index contributed by atoms with van der Waals surface area (Å²) < 4.78 is 1.68. The standard InChI is InChI=1S/C20H21N5O.ClH/c1-14-19(23-24-25(14)16-8-3-2-4-9-16)20(26)22-13-18-17-10-6-5-7-15(17)11-12-21-18;/h2-10,18,21H,11-13H2,1H3,(H,22,26);1H. The molecular weight excluding hydrogens is 362 g/mol. The summed E-state index contributed by atoms with van der Waals surface area (Å²) in [4.78, 5) is 12.6. The summed E-state index contributed by atoms with van der Waals surface area (Å²) in [6.45, 7) is 3.30. The van der Waals surface area contributed by atoms with Crippen molar-refractivity contribution in [1.82, 2.24) is 25.6 Å². The van der Waals surface area contributed by atoms with Crippen LogP contribution in [0, 0.1) is 6.92 Å². The Bertz CT molecular complexity index is 925. The van der Waals surface area contributed by atoms with Crippen molar-refractivity contribution in [1.29, 1.82) is 0 Å². The van der Waals surface area contributed by atoms with Crippen molar-refractivity contribution in [3.63, 3.8) is 0 Å². The molecule has 1 aliphatic rings. The number of carbonyl (C=O) groups is 1. The smallest absolute Gasteiger partial charge is 0.273 e. The number of amides is 1. The molecule has 140 valence electrons. The van der Waals surface area contributed by atoms with E-state index in [4.69, 9.17) is 0 Å². The highest BCUT2D eigenvalue weighted by Crippen LogP contribution is 2.22. The van der Waals surface area contributed by atoms with E-state index in [9.17, 15) is 4.79 Å². The van der Waals surface area contributed by atoms with Crippen LogP contribution in [0.15, 0.2) is 54.6 Å². The first-order valence-electron chi connectivity index (χ1n) is 8.81. The molecule has 1 unspecified atom stereocenters. The van der Waals surface area contributed by atoms with Gasteiger partial charge in [0.1, 0.15) is 0 Å². The average Bonchev–Trinajstić information content (AvgIpc) is 3.08. The first-order chi connectivity index (χ1) is 12.7. The maximum absolute atomic E-state index is 12.6. The van der Waals surface area contributed by atoms with Crippen LogP contribution in [0.1, 0.15) is 33.4 Å². The molecule has 4 rings (SSSR count). The molecule has 0 saturated heterocycles. The summed E-state index contributed by atoms with van der Waals surface area (Å²) in [5.74, 6) is -0.200. The zero-order valence-corrected chi connectivity index (χ0v) is 15.9. The van der Waals surface area contributed by atoms with Crippen LogP contribution < -0.4 is 10.6 Å². The van der Waals surface area contributed by atoms with E-state index < -0.39 is 0 Å². The molecule has 6 nitrogen and oxygen atoms in total. The number of fused-ring (bicyclic) bond motifs is 1. The third kappa shape index (κ3) is 3.86. The fraction of sp³-hybridized carbons (Fsp3) is 0.250. The zero-order valence-electron chi connectivity index (χ0n) is 15.1. The summed E-state index contributed by atoms with van der Waals surface area (Å²) in [5.41, 5.74) is 4.57. The minimum Gasteiger partial charge on any atom is -0.349 e. The van der Waals surface area contributed by atoms with Gasteiger partial charge in [-0.15, -0.1) is 17.5 Å². The topological polar surface area (TPSA) is 71.8 Å². The fourth-order valence-corrected chi connectivity index (χ4v) is 3.41. The second kappa shape index (κ2) is 8.33. The molecule has 0 bridgehead atoms. The van der Waals surface area contributed by atoms with Gasteiger partial charge in [0.05, 0.1) is 11.4 Å². The minimum absolute atomic E-state index is 0. The molecular formula is C20H22ClN5O. The molecule has 0 saturated carbocycles. The normalized spacial score (nSPS) is 15.5. The zero-order chi connectivity index (χ0) is 17.9. The SMILES string of the molecule is Cc1c(C(=O)NCC2NCCc3ccccc32)nnn1-c1ccccc1.Cl. The van der Waals surface area contributed by atoms with Gasteiger partial charge in [0.2, 0.25) is 0 Å². The molecule has 2 N–H and O–H groups in total. The van der Waals surface area contributed by atoms with Gasteiger partial charge in [-0.1, -0.05) is 47.7 Å². The van der Waals surface area contributed by atoms with Gasteiger partial charge in [-0.05, 0) is 43.1 Å². The summed E-state index contributed by atoms with van der Waals surface area (Å²) >= 11 is 0. The molecule has 0 radical (unpaired) electrons. The second-order valence-corrected chi connectivity index (χ2v) is 6.44. The Morgan fingerprint density at radius 1 is 1.19 bits per heavy atom. The van der Waals surface area contributed by atoms with Crippen molar-refractivity contribution in [2.45, 2.75) is 19.4 Å². The van der Waals surface area contributed by atoms with Crippen LogP contribution in [0.2, 0.25) is 0 Å². The van der Waals surface area contributed by atoms with Gasteiger partial charge >= 0.3 is 0 Å². The molecule has 2 heterocycles. The Kier molecular flexibility index (Phi) is 5.88. The van der Waals surface area contributed by atoms with Crippen LogP contribution in [0.5, 0.6) is 0 Å². The monoisotopic (exact) mass is 383 g/mol. The first kappa shape index (κ1) is 19.1. The molecule has 7 heteroatoms. The lowest BCUT2D eigenvalue weighted by Crippen LogP contribution is -2.39. The summed E-state index contributed by atoms with van der Waals surface area (Å²) in [6.07, 6.45) is 1.02. The van der Waals surface area contributed by atoms with Gasteiger partial charge in [0, 0.05) is 12.6 Å². The number of rotatable bonds is 4. The van der Waals surface area contributed by atoms with Gasteiger partial charge in [-0.3, -0.25) is 4.79 Å². The number of para-hydroxylation sites is 1. The maximum atomic E-state index is 12.6. The van der Waals surface area contributed by atoms with E-state index in [1.807, 2.05) is 43.3 Å². The number of hydrogen-bond acceptors (Lipinski definition) is 4. The maximum Gasteiger partial charge on any atom is 0.273 e. The van der Waals surface area contributed by atoms with Crippen LogP contribution in [-0.4, -0.2) is 34.0 Å². The molecule has 2 aromatic carbocycles. The molecule has 0 spiro atoms. The number of nitrogens with one attached hydrogen (secondary N) is 2. The van der Waals surface area contributed by atoms with Crippen molar-refractivity contribution < 1.29 is 4.79 Å². The highest BCUT2D eigenvalue weighted by Gasteiger charge is 2.22. The third-order valence-electron chi connectivity index (χ3n) is 4.79. The van der Waals surface area contributed by atoms with Gasteiger partial charge < -0.3 is 10.6 Å². The van der Waals surface area contributed by atoms with Crippen molar-refractivity contribution >= 4 is 18.3 Å². The van der Waals surface area contributed by atoms with Crippen molar-refractivity contribution in [2.24, 2.45) is 0 Å². The Balaban J connectivity index is 0.00000210. The molecule has 1 atom stereocenters. The molecule has 1 aliphatic heterocycles. The van der Waals surface area contributed by atoms with Gasteiger partial charge in [0.15, 0.2) is 5.69 Å². The van der Waals surface area contributed by atoms with Crippen molar-refractivity contribution in [2.75, 3.05) is 13.1 Å². The molecule has 1 aromatic heterocycles. The van der Waals surface area contributed by atoms with E-state index >= 15 is 0 Å². The van der Waals surface area contributed by atoms with Crippen LogP contribution in [0.25, 0.3) is 5.69 Å². The highest BCUT2D eigenvalue weighted by atomic mass is 35.5. The van der Waals surface area contributed by atoms with Gasteiger partial charge in [-0.2, -0.15) is 0 Å².